The van der Waals surface area contributed by atoms with Gasteiger partial charge in [0.25, 0.3) is 0 Å². The highest BCUT2D eigenvalue weighted by molar-refractivity contribution is 8.15. The molecule has 0 aliphatic carbocycles. The molecule has 2 atom stereocenters. The second-order valence-corrected chi connectivity index (χ2v) is 6.97. The Hall–Kier alpha value is -0.230. The van der Waals surface area contributed by atoms with Crippen LogP contribution in [-0.2, 0) is 9.84 Å². The van der Waals surface area contributed by atoms with Crippen molar-refractivity contribution in [2.45, 2.75) is 11.3 Å². The number of thioether (sulfide) groups is 1. The minimum atomic E-state index is -2.80. The zero-order valence-corrected chi connectivity index (χ0v) is 9.23. The minimum absolute atomic E-state index is 0.00685. The van der Waals surface area contributed by atoms with Crippen molar-refractivity contribution in [1.29, 1.82) is 0 Å². The van der Waals surface area contributed by atoms with Crippen LogP contribution in [-0.4, -0.2) is 55.4 Å². The molecule has 74 valence electrons. The number of rotatable bonds is 0. The van der Waals surface area contributed by atoms with E-state index >= 15 is 0 Å². The summed E-state index contributed by atoms with van der Waals surface area (Å²) in [4.78, 5) is 6.31. The molecule has 6 heteroatoms. The zero-order valence-electron chi connectivity index (χ0n) is 7.60. The average molecular weight is 220 g/mol. The first kappa shape index (κ1) is 9.33. The summed E-state index contributed by atoms with van der Waals surface area (Å²) < 4.78 is 22.4. The Morgan fingerprint density at radius 1 is 1.46 bits per heavy atom. The molecule has 2 aliphatic rings. The van der Waals surface area contributed by atoms with Crippen LogP contribution in [0.25, 0.3) is 0 Å². The number of hydrogen-bond donors (Lipinski definition) is 0. The van der Waals surface area contributed by atoms with Crippen LogP contribution in [0.3, 0.4) is 0 Å². The molecule has 0 N–H and O–H groups in total. The van der Waals surface area contributed by atoms with E-state index in [2.05, 4.69) is 4.99 Å². The Morgan fingerprint density at radius 3 is 2.69 bits per heavy atom. The number of hydrogen-bond acceptors (Lipinski definition) is 5. The Kier molecular flexibility index (Phi) is 2.07. The molecule has 0 aromatic carbocycles. The van der Waals surface area contributed by atoms with E-state index < -0.39 is 9.84 Å². The summed E-state index contributed by atoms with van der Waals surface area (Å²) in [5, 5.41) is 1.13. The summed E-state index contributed by atoms with van der Waals surface area (Å²) in [5.41, 5.74) is 0. The lowest BCUT2D eigenvalue weighted by Gasteiger charge is -2.11. The van der Waals surface area contributed by atoms with Gasteiger partial charge in [0.15, 0.2) is 15.0 Å². The third-order valence-electron chi connectivity index (χ3n) is 2.19. The molecular formula is C7H12N2O2S2. The van der Waals surface area contributed by atoms with Crippen LogP contribution >= 0.6 is 11.8 Å². The van der Waals surface area contributed by atoms with Gasteiger partial charge in [-0.05, 0) is 0 Å². The van der Waals surface area contributed by atoms with Crippen molar-refractivity contribution in [3.05, 3.63) is 0 Å². The van der Waals surface area contributed by atoms with Crippen LogP contribution < -0.4 is 0 Å². The summed E-state index contributed by atoms with van der Waals surface area (Å²) in [7, 11) is 1.06. The molecule has 2 rings (SSSR count). The molecule has 4 nitrogen and oxygen atoms in total. The Labute approximate surface area is 82.3 Å². The maximum Gasteiger partial charge on any atom is 0.159 e. The van der Waals surface area contributed by atoms with E-state index in [0.717, 1.165) is 5.17 Å². The van der Waals surface area contributed by atoms with Gasteiger partial charge in [-0.2, -0.15) is 0 Å². The lowest BCUT2D eigenvalue weighted by molar-refractivity contribution is 0.600. The monoisotopic (exact) mass is 220 g/mol. The van der Waals surface area contributed by atoms with Crippen LogP contribution in [0.15, 0.2) is 4.99 Å². The largest absolute Gasteiger partial charge is 0.358 e. The third-order valence-corrected chi connectivity index (χ3v) is 5.58. The number of amidine groups is 1. The molecule has 2 aliphatic heterocycles. The Morgan fingerprint density at radius 2 is 2.15 bits per heavy atom. The fraction of sp³-hybridized carbons (Fsp3) is 0.857. The molecule has 0 amide bonds. The number of aliphatic imine (C=N–C) groups is 1. The van der Waals surface area contributed by atoms with Crippen molar-refractivity contribution in [3.63, 3.8) is 0 Å². The van der Waals surface area contributed by atoms with Crippen molar-refractivity contribution in [2.24, 2.45) is 4.99 Å². The van der Waals surface area contributed by atoms with E-state index in [0.29, 0.717) is 5.75 Å². The van der Waals surface area contributed by atoms with Gasteiger partial charge in [0, 0.05) is 19.3 Å². The highest BCUT2D eigenvalue weighted by atomic mass is 32.2. The van der Waals surface area contributed by atoms with E-state index in [9.17, 15) is 8.42 Å². The molecule has 0 aromatic rings. The fourth-order valence-electron chi connectivity index (χ4n) is 1.56. The fourth-order valence-corrected chi connectivity index (χ4v) is 5.25. The van der Waals surface area contributed by atoms with E-state index in [-0.39, 0.29) is 17.0 Å². The Balaban J connectivity index is 2.17. The molecule has 2 unspecified atom stereocenters. The van der Waals surface area contributed by atoms with Gasteiger partial charge in [-0.25, -0.2) is 8.42 Å². The quantitative estimate of drug-likeness (QED) is 0.568. The lowest BCUT2D eigenvalue weighted by atomic mass is 10.3. The first-order valence-corrected chi connectivity index (χ1v) is 6.80. The molecule has 2 heterocycles. The topological polar surface area (TPSA) is 49.7 Å². The molecule has 13 heavy (non-hydrogen) atoms. The van der Waals surface area contributed by atoms with Gasteiger partial charge in [-0.3, -0.25) is 4.99 Å². The lowest BCUT2D eigenvalue weighted by Crippen LogP contribution is -2.18. The van der Waals surface area contributed by atoms with Crippen LogP contribution in [0, 0.1) is 0 Å². The highest BCUT2D eigenvalue weighted by Crippen LogP contribution is 2.34. The summed E-state index contributed by atoms with van der Waals surface area (Å²) in [6.07, 6.45) is 0. The first-order valence-electron chi connectivity index (χ1n) is 4.10. The number of sulfone groups is 1. The van der Waals surface area contributed by atoms with Gasteiger partial charge in [0.05, 0.1) is 17.5 Å². The van der Waals surface area contributed by atoms with Crippen molar-refractivity contribution in [2.75, 3.05) is 25.6 Å². The second-order valence-electron chi connectivity index (χ2n) is 3.61. The summed E-state index contributed by atoms with van der Waals surface area (Å²) in [5.74, 6) is 0.533. The van der Waals surface area contributed by atoms with Gasteiger partial charge >= 0.3 is 0 Å². The molecule has 0 spiro atoms. The van der Waals surface area contributed by atoms with Gasteiger partial charge < -0.3 is 4.90 Å². The molecule has 0 radical (unpaired) electrons. The average Bonchev–Trinajstić information content (AvgIpc) is 2.39. The van der Waals surface area contributed by atoms with Gasteiger partial charge in [-0.1, -0.05) is 11.8 Å². The van der Waals surface area contributed by atoms with Crippen molar-refractivity contribution in [1.82, 2.24) is 4.90 Å². The van der Waals surface area contributed by atoms with Crippen LogP contribution in [0.4, 0.5) is 0 Å². The summed E-state index contributed by atoms with van der Waals surface area (Å²) in [6.45, 7) is 0. The van der Waals surface area contributed by atoms with Crippen molar-refractivity contribution in [3.8, 4) is 0 Å². The van der Waals surface area contributed by atoms with E-state index in [1.165, 1.54) is 0 Å². The van der Waals surface area contributed by atoms with E-state index in [1.807, 2.05) is 19.0 Å². The normalized spacial score (nSPS) is 35.7. The van der Waals surface area contributed by atoms with Gasteiger partial charge in [0.1, 0.15) is 0 Å². The predicted octanol–water partition coefficient (Wildman–Crippen LogP) is -0.184. The van der Waals surface area contributed by atoms with Gasteiger partial charge in [-0.15, -0.1) is 0 Å². The van der Waals surface area contributed by atoms with Crippen LogP contribution in [0.5, 0.6) is 0 Å². The maximum atomic E-state index is 11.2. The highest BCUT2D eigenvalue weighted by Gasteiger charge is 2.42. The Bertz CT molecular complexity index is 348. The van der Waals surface area contributed by atoms with Crippen molar-refractivity contribution >= 4 is 26.8 Å². The summed E-state index contributed by atoms with van der Waals surface area (Å²) >= 11 is 1.59. The zero-order chi connectivity index (χ0) is 9.64. The molecule has 1 saturated heterocycles. The first-order chi connectivity index (χ1) is 5.98. The van der Waals surface area contributed by atoms with Crippen LogP contribution in [0.1, 0.15) is 0 Å². The molecule has 0 aromatic heterocycles. The number of fused-ring (bicyclic) bond motifs is 1. The standard InChI is InChI=1S/C7H12N2O2S2/c1-9(2)7-8-5-3-13(10,11)4-6(5)12-7/h5-6H,3-4H2,1-2H3. The molecule has 1 fully saturated rings. The number of nitrogens with zero attached hydrogens (tertiary/aromatic N) is 2. The minimum Gasteiger partial charge on any atom is -0.358 e. The van der Waals surface area contributed by atoms with Crippen LogP contribution in [0.2, 0.25) is 0 Å². The maximum absolute atomic E-state index is 11.2. The second kappa shape index (κ2) is 2.88. The van der Waals surface area contributed by atoms with Crippen molar-refractivity contribution < 1.29 is 8.42 Å². The summed E-state index contributed by atoms with van der Waals surface area (Å²) in [6, 6.07) is 0.00685. The third kappa shape index (κ3) is 1.69. The van der Waals surface area contributed by atoms with E-state index in [4.69, 9.17) is 0 Å². The van der Waals surface area contributed by atoms with Gasteiger partial charge in [0.2, 0.25) is 0 Å². The molecule has 0 saturated carbocycles. The predicted molar refractivity (Wildman–Crippen MR) is 54.9 cm³/mol. The molecular weight excluding hydrogens is 208 g/mol. The smallest absolute Gasteiger partial charge is 0.159 e. The van der Waals surface area contributed by atoms with E-state index in [1.54, 1.807) is 11.8 Å². The molecule has 0 bridgehead atoms. The SMILES string of the molecule is CN(C)C1=NC2CS(=O)(=O)CC2S1.